The first-order chi connectivity index (χ1) is 12.8. The van der Waals surface area contributed by atoms with Crippen LogP contribution in [0.15, 0.2) is 42.5 Å². The summed E-state index contributed by atoms with van der Waals surface area (Å²) >= 11 is 0. The second-order valence-electron chi connectivity index (χ2n) is 6.28. The number of fused-ring (bicyclic) bond motifs is 3. The van der Waals surface area contributed by atoms with E-state index < -0.39 is 31.9 Å². The Morgan fingerprint density at radius 1 is 1.18 bits per heavy atom. The minimum absolute atomic E-state index is 0. The monoisotopic (exact) mass is 411 g/mol. The molecule has 142 valence electrons. The van der Waals surface area contributed by atoms with E-state index in [-0.39, 0.29) is 41.9 Å². The molecule has 0 spiro atoms. The molecule has 1 N–H and O–H groups in total. The average Bonchev–Trinajstić information content (AvgIpc) is 2.97. The fourth-order valence-electron chi connectivity index (χ4n) is 3.17. The van der Waals surface area contributed by atoms with Gasteiger partial charge in [-0.15, -0.1) is 0 Å². The van der Waals surface area contributed by atoms with Gasteiger partial charge in [-0.3, -0.25) is 14.8 Å². The Hall–Kier alpha value is -1.31. The third-order valence-corrected chi connectivity index (χ3v) is 5.69. The number of hydrogen-bond acceptors (Lipinski definition) is 6. The Kier molecular flexibility index (Phi) is 7.76. The van der Waals surface area contributed by atoms with E-state index in [1.807, 2.05) is 30.3 Å². The van der Waals surface area contributed by atoms with Crippen LogP contribution in [-0.4, -0.2) is 29.7 Å². The van der Waals surface area contributed by atoms with Crippen LogP contribution in [0.25, 0.3) is 11.1 Å². The van der Waals surface area contributed by atoms with E-state index in [0.717, 1.165) is 22.3 Å². The van der Waals surface area contributed by atoms with E-state index >= 15 is 0 Å². The number of hydrogen-bond donors (Lipinski definition) is 1. The van der Waals surface area contributed by atoms with Crippen molar-refractivity contribution in [3.05, 3.63) is 53.6 Å². The second kappa shape index (κ2) is 9.46. The fraction of sp³-hybridized carbons (Fsp3) is 0.263. The van der Waals surface area contributed by atoms with E-state index in [2.05, 4.69) is 4.52 Å². The van der Waals surface area contributed by atoms with Gasteiger partial charge in [0.05, 0.1) is 24.9 Å². The summed E-state index contributed by atoms with van der Waals surface area (Å²) in [6, 6.07) is 13.0. The van der Waals surface area contributed by atoms with Crippen LogP contribution in [0.1, 0.15) is 24.5 Å². The molecule has 0 radical (unpaired) electrons. The number of nitrogens with zero attached hydrogens (tertiary/aromatic N) is 1. The summed E-state index contributed by atoms with van der Waals surface area (Å²) in [5.74, 6) is -1.73. The quantitative estimate of drug-likeness (QED) is 0.185. The molecule has 2 aromatic carbocycles. The normalized spacial score (nSPS) is 13.7. The molecule has 3 rings (SSSR count). The molecule has 1 unspecified atom stereocenters. The zero-order valence-corrected chi connectivity index (χ0v) is 18.6. The maximum Gasteiger partial charge on any atom is 1.00 e. The molecule has 0 heterocycles. The third kappa shape index (κ3) is 5.19. The molecule has 0 aromatic heterocycles. The maximum absolute atomic E-state index is 12.1. The number of amides is 1. The summed E-state index contributed by atoms with van der Waals surface area (Å²) in [5, 5.41) is 10.5. The Bertz CT molecular complexity index is 948. The van der Waals surface area contributed by atoms with Crippen molar-refractivity contribution in [2.24, 2.45) is 0 Å². The van der Waals surface area contributed by atoms with Gasteiger partial charge in [0.15, 0.2) is 5.78 Å². The number of benzene rings is 2. The Morgan fingerprint density at radius 3 is 2.57 bits per heavy atom. The summed E-state index contributed by atoms with van der Waals surface area (Å²) in [6.07, 6.45) is -0.916. The Balaban J connectivity index is 0.00000280. The minimum atomic E-state index is -4.30. The van der Waals surface area contributed by atoms with Gasteiger partial charge >= 0.3 is 29.6 Å². The third-order valence-electron chi connectivity index (χ3n) is 4.30. The average molecular weight is 411 g/mol. The largest absolute Gasteiger partial charge is 1.00 e. The van der Waals surface area contributed by atoms with Crippen LogP contribution in [-0.2, 0) is 25.1 Å². The molecular formula is C19H19NNaO6P. The number of Topliss-reactive ketones (excluding diaryl/α,β-unsaturated/α-hetero) is 1. The minimum Gasteiger partial charge on any atom is -0.778 e. The van der Waals surface area contributed by atoms with Crippen LogP contribution in [0.4, 0.5) is 5.69 Å². The molecular weight excluding hydrogens is 392 g/mol. The summed E-state index contributed by atoms with van der Waals surface area (Å²) < 4.78 is 16.0. The van der Waals surface area contributed by atoms with E-state index in [1.165, 1.54) is 6.92 Å². The van der Waals surface area contributed by atoms with Crippen molar-refractivity contribution in [3.8, 4) is 11.1 Å². The van der Waals surface area contributed by atoms with Crippen molar-refractivity contribution in [2.45, 2.75) is 19.8 Å². The second-order valence-corrected chi connectivity index (χ2v) is 8.08. The van der Waals surface area contributed by atoms with Crippen molar-refractivity contribution >= 4 is 25.0 Å². The van der Waals surface area contributed by atoms with Gasteiger partial charge in [-0.2, -0.15) is 5.06 Å². The van der Waals surface area contributed by atoms with E-state index in [4.69, 9.17) is 0 Å². The van der Waals surface area contributed by atoms with Crippen molar-refractivity contribution in [2.75, 3.05) is 17.8 Å². The SMILES string of the molecule is CCOP(=O)([O-])CC(=O)CC(=O)N(O)c1ccc2c(c1)Cc1ccccc1-2.[Na+]. The van der Waals surface area contributed by atoms with Gasteiger partial charge in [0, 0.05) is 0 Å². The molecule has 0 fully saturated rings. The predicted molar refractivity (Wildman–Crippen MR) is 97.7 cm³/mol. The Morgan fingerprint density at radius 2 is 1.86 bits per heavy atom. The number of anilines is 1. The standard InChI is InChI=1S/C19H20NO6P.Na/c1-2-26-27(24,25)12-16(21)11-19(22)20(23)15-7-8-18-14(10-15)9-13-5-3-4-6-17(13)18;/h3-8,10,23H,2,9,11-12H2,1H3,(H,24,25);/q;+1/p-1. The summed E-state index contributed by atoms with van der Waals surface area (Å²) in [5.41, 5.74) is 4.52. The van der Waals surface area contributed by atoms with Gasteiger partial charge in [0.2, 0.25) is 0 Å². The molecule has 0 bridgehead atoms. The van der Waals surface area contributed by atoms with Gasteiger partial charge < -0.3 is 14.0 Å². The van der Waals surface area contributed by atoms with Crippen LogP contribution in [0.5, 0.6) is 0 Å². The zero-order valence-electron chi connectivity index (χ0n) is 15.8. The van der Waals surface area contributed by atoms with Crippen LogP contribution in [0.3, 0.4) is 0 Å². The van der Waals surface area contributed by atoms with Gasteiger partial charge in [0.25, 0.3) is 5.91 Å². The molecule has 28 heavy (non-hydrogen) atoms. The molecule has 7 nitrogen and oxygen atoms in total. The molecule has 0 saturated heterocycles. The van der Waals surface area contributed by atoms with Gasteiger partial charge in [-0.25, -0.2) is 0 Å². The van der Waals surface area contributed by atoms with Crippen LogP contribution in [0.2, 0.25) is 0 Å². The number of hydroxylamine groups is 1. The molecule has 0 saturated carbocycles. The maximum atomic E-state index is 12.1. The Labute approximate surface area is 185 Å². The first kappa shape index (κ1) is 23.0. The molecule has 1 aliphatic rings. The first-order valence-corrected chi connectivity index (χ1v) is 10.2. The summed E-state index contributed by atoms with van der Waals surface area (Å²) in [6.45, 7) is 1.41. The summed E-state index contributed by atoms with van der Waals surface area (Å²) in [7, 11) is -4.30. The number of carbonyl (C=O) groups excluding carboxylic acids is 2. The van der Waals surface area contributed by atoms with E-state index in [1.54, 1.807) is 12.1 Å². The molecule has 1 aliphatic carbocycles. The molecule has 2 aromatic rings. The zero-order chi connectivity index (χ0) is 19.6. The van der Waals surface area contributed by atoms with Gasteiger partial charge in [-0.1, -0.05) is 30.3 Å². The molecule has 1 atom stereocenters. The van der Waals surface area contributed by atoms with Crippen LogP contribution in [0, 0.1) is 0 Å². The van der Waals surface area contributed by atoms with Crippen molar-refractivity contribution in [1.82, 2.24) is 0 Å². The van der Waals surface area contributed by atoms with E-state index in [0.29, 0.717) is 11.5 Å². The van der Waals surface area contributed by atoms with Crippen molar-refractivity contribution in [3.63, 3.8) is 0 Å². The molecule has 9 heteroatoms. The molecule has 1 amide bonds. The van der Waals surface area contributed by atoms with Gasteiger partial charge in [-0.05, 0) is 47.7 Å². The number of carbonyl (C=O) groups is 2. The van der Waals surface area contributed by atoms with Crippen molar-refractivity contribution in [1.29, 1.82) is 0 Å². The van der Waals surface area contributed by atoms with Crippen LogP contribution < -0.4 is 39.5 Å². The smallest absolute Gasteiger partial charge is 0.778 e. The fourth-order valence-corrected chi connectivity index (χ4v) is 4.19. The molecule has 0 aliphatic heterocycles. The van der Waals surface area contributed by atoms with E-state index in [9.17, 15) is 24.3 Å². The predicted octanol–water partition coefficient (Wildman–Crippen LogP) is -0.467. The summed E-state index contributed by atoms with van der Waals surface area (Å²) in [4.78, 5) is 35.4. The van der Waals surface area contributed by atoms with Crippen LogP contribution >= 0.6 is 7.60 Å². The number of rotatable bonds is 7. The van der Waals surface area contributed by atoms with Gasteiger partial charge in [0.1, 0.15) is 7.60 Å². The first-order valence-electron chi connectivity index (χ1n) is 8.50. The number of ketones is 1. The van der Waals surface area contributed by atoms with Crippen molar-refractivity contribution < 1.29 is 58.3 Å². The topological polar surface area (TPSA) is 107 Å².